The molecule has 16 heavy (non-hydrogen) atoms. The van der Waals surface area contributed by atoms with Crippen molar-refractivity contribution < 1.29 is 0 Å². The molecule has 1 aliphatic rings. The predicted molar refractivity (Wildman–Crippen MR) is 69.9 cm³/mol. The summed E-state index contributed by atoms with van der Waals surface area (Å²) in [4.78, 5) is 2.51. The molecule has 1 heteroatoms. The summed E-state index contributed by atoms with van der Waals surface area (Å²) in [6, 6.07) is 9.28. The first-order valence-electron chi connectivity index (χ1n) is 6.15. The predicted octanol–water partition coefficient (Wildman–Crippen LogP) is 3.91. The van der Waals surface area contributed by atoms with Crippen LogP contribution in [0.5, 0.6) is 0 Å². The third kappa shape index (κ3) is 1.99. The van der Waals surface area contributed by atoms with Gasteiger partial charge in [-0.3, -0.25) is 0 Å². The Morgan fingerprint density at radius 1 is 1.06 bits per heavy atom. The van der Waals surface area contributed by atoms with Crippen molar-refractivity contribution in [1.82, 2.24) is 4.90 Å². The fourth-order valence-corrected chi connectivity index (χ4v) is 2.32. The van der Waals surface area contributed by atoms with E-state index in [0.29, 0.717) is 12.0 Å². The van der Waals surface area contributed by atoms with E-state index in [4.69, 9.17) is 0 Å². The first-order valence-corrected chi connectivity index (χ1v) is 6.15. The lowest BCUT2D eigenvalue weighted by Gasteiger charge is -2.37. The first-order chi connectivity index (χ1) is 7.59. The molecular formula is C15H21N. The molecule has 1 aromatic rings. The molecule has 0 saturated carbocycles. The second kappa shape index (κ2) is 4.32. The van der Waals surface area contributed by atoms with Crippen molar-refractivity contribution in [1.29, 1.82) is 0 Å². The van der Waals surface area contributed by atoms with Gasteiger partial charge < -0.3 is 4.90 Å². The quantitative estimate of drug-likeness (QED) is 0.723. The van der Waals surface area contributed by atoms with Gasteiger partial charge in [0.15, 0.2) is 0 Å². The molecule has 0 N–H and O–H groups in total. The summed E-state index contributed by atoms with van der Waals surface area (Å²) in [6.07, 6.45) is 2.35. The van der Waals surface area contributed by atoms with Crippen molar-refractivity contribution in [2.75, 3.05) is 0 Å². The second-order valence-electron chi connectivity index (χ2n) is 5.14. The zero-order valence-corrected chi connectivity index (χ0v) is 10.7. The van der Waals surface area contributed by atoms with Gasteiger partial charge in [-0.05, 0) is 37.0 Å². The zero-order chi connectivity index (χ0) is 11.7. The summed E-state index contributed by atoms with van der Waals surface area (Å²) in [6.45, 7) is 10.1. The minimum absolute atomic E-state index is 0.571. The molecule has 0 amide bonds. The summed E-state index contributed by atoms with van der Waals surface area (Å²) in [5, 5.41) is 0. The standard InChI is InChI=1S/C15H21N/c1-11(2)15-9-13-7-5-6-8-14(13)10-16(15)12(3)4/h5-9,11-12H,10H2,1-4H3. The smallest absolute Gasteiger partial charge is 0.0435 e. The van der Waals surface area contributed by atoms with Crippen LogP contribution >= 0.6 is 0 Å². The number of rotatable bonds is 2. The van der Waals surface area contributed by atoms with Crippen molar-refractivity contribution >= 4 is 6.08 Å². The van der Waals surface area contributed by atoms with Gasteiger partial charge in [-0.25, -0.2) is 0 Å². The zero-order valence-electron chi connectivity index (χ0n) is 10.7. The van der Waals surface area contributed by atoms with Gasteiger partial charge >= 0.3 is 0 Å². The van der Waals surface area contributed by atoms with Crippen LogP contribution in [0.3, 0.4) is 0 Å². The van der Waals surface area contributed by atoms with E-state index in [1.807, 2.05) is 0 Å². The highest BCUT2D eigenvalue weighted by atomic mass is 15.2. The van der Waals surface area contributed by atoms with Crippen LogP contribution in [0.25, 0.3) is 6.08 Å². The molecule has 0 saturated heterocycles. The van der Waals surface area contributed by atoms with E-state index in [1.165, 1.54) is 16.8 Å². The third-order valence-corrected chi connectivity index (χ3v) is 3.25. The molecule has 1 aliphatic heterocycles. The number of hydrogen-bond donors (Lipinski definition) is 0. The van der Waals surface area contributed by atoms with Crippen LogP contribution in [0, 0.1) is 5.92 Å². The molecule has 0 atom stereocenters. The first kappa shape index (κ1) is 11.3. The molecule has 0 spiro atoms. The van der Waals surface area contributed by atoms with E-state index in [9.17, 15) is 0 Å². The average Bonchev–Trinajstić information content (AvgIpc) is 2.27. The molecule has 0 unspecified atom stereocenters. The van der Waals surface area contributed by atoms with E-state index < -0.39 is 0 Å². The summed E-state index contributed by atoms with van der Waals surface area (Å²) in [5.74, 6) is 0.593. The van der Waals surface area contributed by atoms with E-state index >= 15 is 0 Å². The van der Waals surface area contributed by atoms with E-state index in [0.717, 1.165) is 6.54 Å². The monoisotopic (exact) mass is 215 g/mol. The maximum atomic E-state index is 2.51. The van der Waals surface area contributed by atoms with Crippen molar-refractivity contribution in [2.24, 2.45) is 5.92 Å². The summed E-state index contributed by atoms with van der Waals surface area (Å²) < 4.78 is 0. The van der Waals surface area contributed by atoms with Crippen LogP contribution < -0.4 is 0 Å². The topological polar surface area (TPSA) is 3.24 Å². The number of hydrogen-bond acceptors (Lipinski definition) is 1. The highest BCUT2D eigenvalue weighted by molar-refractivity contribution is 5.59. The molecule has 86 valence electrons. The van der Waals surface area contributed by atoms with Gasteiger partial charge in [0.1, 0.15) is 0 Å². The largest absolute Gasteiger partial charge is 0.368 e. The fourth-order valence-electron chi connectivity index (χ4n) is 2.32. The van der Waals surface area contributed by atoms with Crippen molar-refractivity contribution in [2.45, 2.75) is 40.3 Å². The Balaban J connectivity index is 2.43. The molecule has 2 rings (SSSR count). The molecule has 1 heterocycles. The third-order valence-electron chi connectivity index (χ3n) is 3.25. The highest BCUT2D eigenvalue weighted by Gasteiger charge is 2.21. The van der Waals surface area contributed by atoms with Gasteiger partial charge in [0.2, 0.25) is 0 Å². The lowest BCUT2D eigenvalue weighted by molar-refractivity contribution is 0.249. The normalized spacial score (nSPS) is 15.4. The molecule has 0 aromatic heterocycles. The van der Waals surface area contributed by atoms with Gasteiger partial charge in [0.25, 0.3) is 0 Å². The second-order valence-corrected chi connectivity index (χ2v) is 5.14. The molecular weight excluding hydrogens is 194 g/mol. The summed E-state index contributed by atoms with van der Waals surface area (Å²) in [7, 11) is 0. The lowest BCUT2D eigenvalue weighted by atomic mass is 9.96. The van der Waals surface area contributed by atoms with Gasteiger partial charge in [0, 0.05) is 18.3 Å². The van der Waals surface area contributed by atoms with Crippen LogP contribution in [0.4, 0.5) is 0 Å². The van der Waals surface area contributed by atoms with Crippen LogP contribution in [0.2, 0.25) is 0 Å². The van der Waals surface area contributed by atoms with Gasteiger partial charge in [-0.2, -0.15) is 0 Å². The molecule has 1 aromatic carbocycles. The van der Waals surface area contributed by atoms with Crippen molar-refractivity contribution in [3.05, 3.63) is 41.1 Å². The van der Waals surface area contributed by atoms with Crippen LogP contribution in [-0.2, 0) is 6.54 Å². The van der Waals surface area contributed by atoms with Gasteiger partial charge in [-0.15, -0.1) is 0 Å². The van der Waals surface area contributed by atoms with Crippen LogP contribution in [0.15, 0.2) is 30.0 Å². The van der Waals surface area contributed by atoms with Gasteiger partial charge in [0.05, 0.1) is 0 Å². The Bertz CT molecular complexity index is 402. The number of nitrogens with zero attached hydrogens (tertiary/aromatic N) is 1. The van der Waals surface area contributed by atoms with Crippen LogP contribution in [0.1, 0.15) is 38.8 Å². The Labute approximate surface area is 98.8 Å². The van der Waals surface area contributed by atoms with E-state index in [-0.39, 0.29) is 0 Å². The Morgan fingerprint density at radius 3 is 2.38 bits per heavy atom. The summed E-state index contributed by atoms with van der Waals surface area (Å²) in [5.41, 5.74) is 4.30. The minimum Gasteiger partial charge on any atom is -0.368 e. The van der Waals surface area contributed by atoms with E-state index in [2.05, 4.69) is 62.9 Å². The number of fused-ring (bicyclic) bond motifs is 1. The molecule has 0 aliphatic carbocycles. The van der Waals surface area contributed by atoms with E-state index in [1.54, 1.807) is 0 Å². The maximum absolute atomic E-state index is 2.51. The minimum atomic E-state index is 0.571. The Morgan fingerprint density at radius 2 is 1.75 bits per heavy atom. The van der Waals surface area contributed by atoms with Gasteiger partial charge in [-0.1, -0.05) is 38.1 Å². The summed E-state index contributed by atoms with van der Waals surface area (Å²) >= 11 is 0. The van der Waals surface area contributed by atoms with Crippen molar-refractivity contribution in [3.8, 4) is 0 Å². The number of allylic oxidation sites excluding steroid dienone is 1. The van der Waals surface area contributed by atoms with Crippen molar-refractivity contribution in [3.63, 3.8) is 0 Å². The molecule has 0 fully saturated rings. The molecule has 0 radical (unpaired) electrons. The number of benzene rings is 1. The lowest BCUT2D eigenvalue weighted by Crippen LogP contribution is -2.33. The Kier molecular flexibility index (Phi) is 3.04. The Hall–Kier alpha value is -1.24. The fraction of sp³-hybridized carbons (Fsp3) is 0.467. The van der Waals surface area contributed by atoms with Crippen LogP contribution in [-0.4, -0.2) is 10.9 Å². The SMILES string of the molecule is CC(C)C1=Cc2ccccc2CN1C(C)C. The maximum Gasteiger partial charge on any atom is 0.0435 e. The average molecular weight is 215 g/mol. The molecule has 1 nitrogen and oxygen atoms in total. The highest BCUT2D eigenvalue weighted by Crippen LogP contribution is 2.30. The molecule has 0 bridgehead atoms.